The van der Waals surface area contributed by atoms with E-state index in [2.05, 4.69) is 11.1 Å². The molecule has 5 nitrogen and oxygen atoms in total. The molecule has 3 aliphatic rings. The number of benzene rings is 1. The lowest BCUT2D eigenvalue weighted by Gasteiger charge is -2.20. The molecule has 2 aliphatic heterocycles. The standard InChI is InChI=1S/C19H19N3O2S/c23-17(21-9-8-12-4-1-2-7-16(12)21)10-13-11-25-19-20-15-6-3-5-14(15)18(24)22(13)19/h1-2,4,7,13H,3,5-6,8-11H2/t13-/m0/s1. The first-order valence-corrected chi connectivity index (χ1v) is 9.86. The zero-order chi connectivity index (χ0) is 17.0. The highest BCUT2D eigenvalue weighted by Gasteiger charge is 2.33. The van der Waals surface area contributed by atoms with Crippen LogP contribution in [0.3, 0.4) is 0 Å². The van der Waals surface area contributed by atoms with Gasteiger partial charge in [-0.2, -0.15) is 0 Å². The molecule has 1 aromatic heterocycles. The first-order chi connectivity index (χ1) is 12.2. The Balaban J connectivity index is 1.43. The predicted octanol–water partition coefficient (Wildman–Crippen LogP) is 2.36. The van der Waals surface area contributed by atoms with Gasteiger partial charge in [0.1, 0.15) is 0 Å². The van der Waals surface area contributed by atoms with E-state index < -0.39 is 0 Å². The van der Waals surface area contributed by atoms with Crippen LogP contribution in [0, 0.1) is 0 Å². The van der Waals surface area contributed by atoms with Crippen molar-refractivity contribution in [1.29, 1.82) is 0 Å². The summed E-state index contributed by atoms with van der Waals surface area (Å²) in [6.45, 7) is 0.738. The molecule has 0 saturated heterocycles. The highest BCUT2D eigenvalue weighted by atomic mass is 32.2. The molecule has 3 heterocycles. The van der Waals surface area contributed by atoms with Crippen LogP contribution in [-0.2, 0) is 24.1 Å². The SMILES string of the molecule is O=C(C[C@H]1CSc2nc3c(c(=O)n21)CCC3)N1CCc2ccccc21. The van der Waals surface area contributed by atoms with Crippen molar-refractivity contribution in [2.75, 3.05) is 17.2 Å². The van der Waals surface area contributed by atoms with Crippen LogP contribution in [0.25, 0.3) is 0 Å². The van der Waals surface area contributed by atoms with Gasteiger partial charge in [-0.1, -0.05) is 30.0 Å². The normalized spacial score (nSPS) is 20.5. The van der Waals surface area contributed by atoms with E-state index in [4.69, 9.17) is 0 Å². The summed E-state index contributed by atoms with van der Waals surface area (Å²) in [5, 5.41) is 0.797. The maximum Gasteiger partial charge on any atom is 0.257 e. The van der Waals surface area contributed by atoms with Crippen LogP contribution < -0.4 is 10.5 Å². The van der Waals surface area contributed by atoms with Crippen molar-refractivity contribution in [3.63, 3.8) is 0 Å². The quantitative estimate of drug-likeness (QED) is 0.778. The summed E-state index contributed by atoms with van der Waals surface area (Å²) < 4.78 is 1.79. The van der Waals surface area contributed by atoms with Gasteiger partial charge in [0.2, 0.25) is 5.91 Å². The number of hydrogen-bond donors (Lipinski definition) is 0. The topological polar surface area (TPSA) is 55.2 Å². The molecule has 2 aromatic rings. The third kappa shape index (κ3) is 2.34. The number of fused-ring (bicyclic) bond motifs is 3. The molecule has 0 bridgehead atoms. The number of carbonyl (C=O) groups excluding carboxylic acids is 1. The number of aromatic nitrogens is 2. The van der Waals surface area contributed by atoms with Gasteiger partial charge in [0, 0.05) is 30.0 Å². The molecule has 1 aromatic carbocycles. The van der Waals surface area contributed by atoms with Gasteiger partial charge in [-0.05, 0) is 37.3 Å². The molecular formula is C19H19N3O2S. The molecule has 1 atom stereocenters. The highest BCUT2D eigenvalue weighted by molar-refractivity contribution is 7.99. The number of aryl methyl sites for hydroxylation is 1. The second-order valence-corrected chi connectivity index (χ2v) is 7.93. The minimum atomic E-state index is -0.0776. The molecule has 5 rings (SSSR count). The molecule has 0 fully saturated rings. The van der Waals surface area contributed by atoms with Gasteiger partial charge < -0.3 is 4.90 Å². The zero-order valence-corrected chi connectivity index (χ0v) is 14.7. The average molecular weight is 353 g/mol. The Hall–Kier alpha value is -2.08. The lowest BCUT2D eigenvalue weighted by Crippen LogP contribution is -2.34. The zero-order valence-electron chi connectivity index (χ0n) is 13.9. The maximum atomic E-state index is 12.9. The Labute approximate surface area is 150 Å². The first-order valence-electron chi connectivity index (χ1n) is 8.88. The van der Waals surface area contributed by atoms with Crippen molar-refractivity contribution >= 4 is 23.4 Å². The summed E-state index contributed by atoms with van der Waals surface area (Å²) in [5.41, 5.74) is 4.19. The Bertz CT molecular complexity index is 937. The van der Waals surface area contributed by atoms with Crippen LogP contribution in [0.15, 0.2) is 34.2 Å². The minimum absolute atomic E-state index is 0.0776. The van der Waals surface area contributed by atoms with Crippen molar-refractivity contribution in [2.45, 2.75) is 43.3 Å². The van der Waals surface area contributed by atoms with Crippen molar-refractivity contribution in [2.24, 2.45) is 0 Å². The fourth-order valence-corrected chi connectivity index (χ4v) is 5.37. The molecular weight excluding hydrogens is 334 g/mol. The van der Waals surface area contributed by atoms with Crippen molar-refractivity contribution < 1.29 is 4.79 Å². The smallest absolute Gasteiger partial charge is 0.257 e. The van der Waals surface area contributed by atoms with Crippen LogP contribution in [0.1, 0.15) is 35.7 Å². The second kappa shape index (κ2) is 5.73. The summed E-state index contributed by atoms with van der Waals surface area (Å²) in [6.07, 6.45) is 4.03. The van der Waals surface area contributed by atoms with E-state index in [-0.39, 0.29) is 17.5 Å². The number of para-hydroxylation sites is 1. The molecule has 25 heavy (non-hydrogen) atoms. The van der Waals surface area contributed by atoms with Crippen LogP contribution in [0.5, 0.6) is 0 Å². The largest absolute Gasteiger partial charge is 0.312 e. The van der Waals surface area contributed by atoms with Crippen LogP contribution >= 0.6 is 11.8 Å². The van der Waals surface area contributed by atoms with Gasteiger partial charge in [-0.15, -0.1) is 0 Å². The van der Waals surface area contributed by atoms with Crippen molar-refractivity contribution in [3.05, 3.63) is 51.4 Å². The van der Waals surface area contributed by atoms with E-state index in [1.807, 2.05) is 23.1 Å². The van der Waals surface area contributed by atoms with Crippen LogP contribution in [0.4, 0.5) is 5.69 Å². The summed E-state index contributed by atoms with van der Waals surface area (Å²) in [7, 11) is 0. The fourth-order valence-electron chi connectivity index (χ4n) is 4.21. The second-order valence-electron chi connectivity index (χ2n) is 6.94. The highest BCUT2D eigenvalue weighted by Crippen LogP contribution is 2.35. The summed E-state index contributed by atoms with van der Waals surface area (Å²) in [5.74, 6) is 0.864. The van der Waals surface area contributed by atoms with Crippen LogP contribution in [0.2, 0.25) is 0 Å². The lowest BCUT2D eigenvalue weighted by molar-refractivity contribution is -0.119. The number of thioether (sulfide) groups is 1. The van der Waals surface area contributed by atoms with E-state index in [0.29, 0.717) is 6.42 Å². The van der Waals surface area contributed by atoms with E-state index >= 15 is 0 Å². The third-order valence-corrected chi connectivity index (χ3v) is 6.57. The Morgan fingerprint density at radius 1 is 1.24 bits per heavy atom. The van der Waals surface area contributed by atoms with E-state index in [9.17, 15) is 9.59 Å². The van der Waals surface area contributed by atoms with Crippen molar-refractivity contribution in [1.82, 2.24) is 9.55 Å². The summed E-state index contributed by atoms with van der Waals surface area (Å²) >= 11 is 1.61. The maximum absolute atomic E-state index is 12.9. The Kier molecular flexibility index (Phi) is 3.48. The minimum Gasteiger partial charge on any atom is -0.312 e. The number of carbonyl (C=O) groups is 1. The molecule has 0 radical (unpaired) electrons. The third-order valence-electron chi connectivity index (χ3n) is 5.47. The molecule has 6 heteroatoms. The molecule has 0 N–H and O–H groups in total. The Morgan fingerprint density at radius 3 is 3.04 bits per heavy atom. The predicted molar refractivity (Wildman–Crippen MR) is 97.4 cm³/mol. The number of amides is 1. The number of nitrogens with zero attached hydrogens (tertiary/aromatic N) is 3. The average Bonchev–Trinajstić information content (AvgIpc) is 3.33. The number of hydrogen-bond acceptors (Lipinski definition) is 4. The summed E-state index contributed by atoms with van der Waals surface area (Å²) in [6, 6.07) is 8.01. The van der Waals surface area contributed by atoms with Gasteiger partial charge in [0.05, 0.1) is 11.7 Å². The monoisotopic (exact) mass is 353 g/mol. The molecule has 128 valence electrons. The van der Waals surface area contributed by atoms with Gasteiger partial charge >= 0.3 is 0 Å². The van der Waals surface area contributed by atoms with Gasteiger partial charge in [0.25, 0.3) is 5.56 Å². The molecule has 0 saturated carbocycles. The van der Waals surface area contributed by atoms with Gasteiger partial charge in [-0.3, -0.25) is 14.2 Å². The van der Waals surface area contributed by atoms with Crippen molar-refractivity contribution in [3.8, 4) is 0 Å². The van der Waals surface area contributed by atoms with E-state index in [1.54, 1.807) is 16.3 Å². The lowest BCUT2D eigenvalue weighted by atomic mass is 10.1. The van der Waals surface area contributed by atoms with Gasteiger partial charge in [0.15, 0.2) is 5.16 Å². The first kappa shape index (κ1) is 15.2. The molecule has 0 spiro atoms. The fraction of sp³-hybridized carbons (Fsp3) is 0.421. The molecule has 1 amide bonds. The van der Waals surface area contributed by atoms with E-state index in [0.717, 1.165) is 60.1 Å². The number of rotatable bonds is 2. The molecule has 1 aliphatic carbocycles. The molecule has 0 unspecified atom stereocenters. The van der Waals surface area contributed by atoms with Crippen LogP contribution in [-0.4, -0.2) is 27.8 Å². The van der Waals surface area contributed by atoms with E-state index in [1.165, 1.54) is 5.56 Å². The Morgan fingerprint density at radius 2 is 2.12 bits per heavy atom. The summed E-state index contributed by atoms with van der Waals surface area (Å²) in [4.78, 5) is 32.3. The number of anilines is 1. The van der Waals surface area contributed by atoms with Gasteiger partial charge in [-0.25, -0.2) is 4.98 Å².